The molecule has 0 spiro atoms. The molecule has 60 heavy (non-hydrogen) atoms. The topological polar surface area (TPSA) is 182 Å². The standard InChI is InChI=1S/C46H54N6O8/c1-51(43(57)20-22-52-27-32-23-35(24-33(32)28-52)60-46(58)49-38-12-6-5-11-36(38)31-9-3-2-4-10-31)21-8-7-13-41(55)48-34-16-14-30(15-17-34)25-47-26-40(54)37-18-19-39(53)44-45(37)59-29-42(56)50-44/h2-6,9-12,14-19,32-33,35,40,47,53-54H,7-8,13,20-29H2,1H3,(H,48,55)(H,49,58)(H,50,56)/t32-,33?,35?,40+/m1/s1. The van der Waals surface area contributed by atoms with Gasteiger partial charge >= 0.3 is 6.09 Å². The summed E-state index contributed by atoms with van der Waals surface area (Å²) in [6.45, 7) is 3.59. The molecule has 6 N–H and O–H groups in total. The van der Waals surface area contributed by atoms with E-state index >= 15 is 0 Å². The summed E-state index contributed by atoms with van der Waals surface area (Å²) < 4.78 is 11.3. The second-order valence-corrected chi connectivity index (χ2v) is 15.9. The van der Waals surface area contributed by atoms with Crippen molar-refractivity contribution >= 4 is 40.9 Å². The SMILES string of the molecule is CN(CCCCC(=O)Nc1ccc(CNC[C@H](O)c2ccc(O)c3c2OCC(=O)N3)cc1)C(=O)CCN1CC2CC(OC(=O)Nc3ccccc3-c3ccccc3)C[C@@H]2C1. The fourth-order valence-corrected chi connectivity index (χ4v) is 8.41. The van der Waals surface area contributed by atoms with Gasteiger partial charge in [0, 0.05) is 76.0 Å². The number of ether oxygens (including phenoxy) is 2. The average Bonchev–Trinajstić information content (AvgIpc) is 3.81. The van der Waals surface area contributed by atoms with Gasteiger partial charge < -0.3 is 45.4 Å². The third kappa shape index (κ3) is 11.0. The highest BCUT2D eigenvalue weighted by Crippen LogP contribution is 2.42. The summed E-state index contributed by atoms with van der Waals surface area (Å²) in [5.74, 6) is 0.666. The summed E-state index contributed by atoms with van der Waals surface area (Å²) in [7, 11) is 1.82. The molecule has 2 fully saturated rings. The minimum atomic E-state index is -0.934. The maximum absolute atomic E-state index is 12.9. The highest BCUT2D eigenvalue weighted by molar-refractivity contribution is 5.97. The lowest BCUT2D eigenvalue weighted by atomic mass is 10.0. The molecule has 4 aromatic rings. The summed E-state index contributed by atoms with van der Waals surface area (Å²) in [6, 6.07) is 28.1. The van der Waals surface area contributed by atoms with Crippen molar-refractivity contribution in [1.82, 2.24) is 15.1 Å². The highest BCUT2D eigenvalue weighted by Gasteiger charge is 2.42. The number of phenolic OH excluding ortho intramolecular Hbond substituents is 1. The summed E-state index contributed by atoms with van der Waals surface area (Å²) in [6.07, 6.45) is 2.36. The first-order valence-corrected chi connectivity index (χ1v) is 20.7. The van der Waals surface area contributed by atoms with Gasteiger partial charge in [0.15, 0.2) is 12.4 Å². The number of anilines is 3. The number of hydrogen-bond acceptors (Lipinski definition) is 10. The smallest absolute Gasteiger partial charge is 0.411 e. The molecule has 0 radical (unpaired) electrons. The molecule has 4 atom stereocenters. The van der Waals surface area contributed by atoms with Crippen LogP contribution in [-0.2, 0) is 25.7 Å². The van der Waals surface area contributed by atoms with Crippen LogP contribution in [0, 0.1) is 11.8 Å². The van der Waals surface area contributed by atoms with Gasteiger partial charge in [-0.3, -0.25) is 19.7 Å². The molecule has 4 amide bonds. The van der Waals surface area contributed by atoms with E-state index in [1.807, 2.05) is 85.9 Å². The number of fused-ring (bicyclic) bond motifs is 2. The molecular weight excluding hydrogens is 765 g/mol. The van der Waals surface area contributed by atoms with Crippen LogP contribution in [-0.4, -0.2) is 96.3 Å². The Morgan fingerprint density at radius 2 is 1.65 bits per heavy atom. The Bertz CT molecular complexity index is 2120. The van der Waals surface area contributed by atoms with E-state index in [1.165, 1.54) is 6.07 Å². The van der Waals surface area contributed by atoms with Crippen molar-refractivity contribution in [3.05, 3.63) is 102 Å². The molecule has 3 aliphatic rings. The van der Waals surface area contributed by atoms with Crippen LogP contribution in [0.4, 0.5) is 21.9 Å². The molecule has 0 bridgehead atoms. The molecule has 1 saturated carbocycles. The van der Waals surface area contributed by atoms with Crippen LogP contribution >= 0.6 is 0 Å². The van der Waals surface area contributed by atoms with Gasteiger partial charge in [0.05, 0.1) is 11.8 Å². The second kappa shape index (κ2) is 19.9. The van der Waals surface area contributed by atoms with Gasteiger partial charge in [-0.2, -0.15) is 0 Å². The summed E-state index contributed by atoms with van der Waals surface area (Å²) in [5, 5.41) is 32.5. The average molecular weight is 819 g/mol. The minimum absolute atomic E-state index is 0.0881. The van der Waals surface area contributed by atoms with Crippen molar-refractivity contribution < 1.29 is 38.9 Å². The zero-order valence-corrected chi connectivity index (χ0v) is 33.9. The zero-order valence-electron chi connectivity index (χ0n) is 33.9. The Morgan fingerprint density at radius 3 is 2.42 bits per heavy atom. The number of benzene rings is 4. The first kappa shape index (κ1) is 42.2. The van der Waals surface area contributed by atoms with Crippen LogP contribution in [0.5, 0.6) is 11.5 Å². The lowest BCUT2D eigenvalue weighted by Crippen LogP contribution is -2.33. The van der Waals surface area contributed by atoms with Crippen LogP contribution in [0.3, 0.4) is 0 Å². The van der Waals surface area contributed by atoms with Crippen molar-refractivity contribution in [3.63, 3.8) is 0 Å². The van der Waals surface area contributed by atoms with Crippen LogP contribution < -0.4 is 26.0 Å². The number of phenols is 1. The molecule has 7 rings (SSSR count). The van der Waals surface area contributed by atoms with Crippen molar-refractivity contribution in [1.29, 1.82) is 0 Å². The number of aliphatic hydroxyl groups excluding tert-OH is 1. The van der Waals surface area contributed by atoms with Crippen molar-refractivity contribution in [3.8, 4) is 22.6 Å². The lowest BCUT2D eigenvalue weighted by Gasteiger charge is -2.24. The van der Waals surface area contributed by atoms with E-state index in [1.54, 1.807) is 11.0 Å². The van der Waals surface area contributed by atoms with Crippen molar-refractivity contribution in [2.24, 2.45) is 11.8 Å². The largest absolute Gasteiger partial charge is 0.506 e. The number of unbranched alkanes of at least 4 members (excludes halogenated alkanes) is 1. The molecule has 4 aromatic carbocycles. The Labute approximate surface area is 350 Å². The Balaban J connectivity index is 0.734. The van der Waals surface area contributed by atoms with Crippen LogP contribution in [0.25, 0.3) is 11.1 Å². The van der Waals surface area contributed by atoms with Gasteiger partial charge in [-0.15, -0.1) is 0 Å². The highest BCUT2D eigenvalue weighted by atomic mass is 16.6. The minimum Gasteiger partial charge on any atom is -0.506 e. The van der Waals surface area contributed by atoms with Crippen molar-refractivity contribution in [2.45, 2.75) is 57.3 Å². The summed E-state index contributed by atoms with van der Waals surface area (Å²) in [5.41, 5.74) is 4.96. The Morgan fingerprint density at radius 1 is 0.917 bits per heavy atom. The van der Waals surface area contributed by atoms with Crippen LogP contribution in [0.1, 0.15) is 55.8 Å². The van der Waals surface area contributed by atoms with Gasteiger partial charge in [0.25, 0.3) is 5.91 Å². The number of likely N-dealkylation sites (tertiary alicyclic amines) is 1. The summed E-state index contributed by atoms with van der Waals surface area (Å²) in [4.78, 5) is 54.2. The maximum Gasteiger partial charge on any atom is 0.411 e. The molecule has 14 nitrogen and oxygen atoms in total. The molecule has 1 aliphatic carbocycles. The molecule has 1 saturated heterocycles. The number of hydrogen-bond donors (Lipinski definition) is 6. The number of amides is 4. The van der Waals surface area contributed by atoms with E-state index in [0.717, 1.165) is 54.7 Å². The number of aliphatic hydroxyl groups is 1. The van der Waals surface area contributed by atoms with Crippen LogP contribution in [0.15, 0.2) is 91.0 Å². The van der Waals surface area contributed by atoms with Crippen molar-refractivity contribution in [2.75, 3.05) is 62.3 Å². The number of carbonyl (C=O) groups excluding carboxylic acids is 4. The summed E-state index contributed by atoms with van der Waals surface area (Å²) >= 11 is 0. The fourth-order valence-electron chi connectivity index (χ4n) is 8.41. The van der Waals surface area contributed by atoms with Gasteiger partial charge in [0.2, 0.25) is 11.8 Å². The molecule has 2 aliphatic heterocycles. The van der Waals surface area contributed by atoms with E-state index < -0.39 is 12.2 Å². The molecule has 2 unspecified atom stereocenters. The van der Waals surface area contributed by atoms with Gasteiger partial charge in [-0.05, 0) is 79.0 Å². The van der Waals surface area contributed by atoms with Gasteiger partial charge in [-0.25, -0.2) is 4.79 Å². The molecule has 2 heterocycles. The number of aromatic hydroxyl groups is 1. The third-order valence-electron chi connectivity index (χ3n) is 11.6. The van der Waals surface area contributed by atoms with Gasteiger partial charge in [-0.1, -0.05) is 60.7 Å². The predicted octanol–water partition coefficient (Wildman–Crippen LogP) is 6.13. The normalized spacial score (nSPS) is 18.7. The number of para-hydroxylation sites is 1. The first-order chi connectivity index (χ1) is 29.1. The molecule has 14 heteroatoms. The van der Waals surface area contributed by atoms with E-state index in [-0.39, 0.29) is 54.2 Å². The maximum atomic E-state index is 12.9. The first-order valence-electron chi connectivity index (χ1n) is 20.7. The third-order valence-corrected chi connectivity index (χ3v) is 11.6. The van der Waals surface area contributed by atoms with Gasteiger partial charge in [0.1, 0.15) is 17.5 Å². The number of carbonyl (C=O) groups is 4. The number of rotatable bonds is 17. The molecule has 316 valence electrons. The molecular formula is C46H54N6O8. The van der Waals surface area contributed by atoms with E-state index in [2.05, 4.69) is 26.2 Å². The van der Waals surface area contributed by atoms with Crippen LogP contribution in [0.2, 0.25) is 0 Å². The Kier molecular flexibility index (Phi) is 14.0. The van der Waals surface area contributed by atoms with E-state index in [4.69, 9.17) is 9.47 Å². The second-order valence-electron chi connectivity index (χ2n) is 15.9. The fraction of sp³-hybridized carbons (Fsp3) is 0.391. The Hall–Kier alpha value is -5.96. The number of nitrogens with one attached hydrogen (secondary N) is 4. The monoisotopic (exact) mass is 818 g/mol. The van der Waals surface area contributed by atoms with E-state index in [9.17, 15) is 29.4 Å². The predicted molar refractivity (Wildman–Crippen MR) is 228 cm³/mol. The molecule has 0 aromatic heterocycles. The zero-order chi connectivity index (χ0) is 42.0. The van der Waals surface area contributed by atoms with E-state index in [0.29, 0.717) is 62.0 Å². The lowest BCUT2D eigenvalue weighted by molar-refractivity contribution is -0.130. The number of nitrogens with zero attached hydrogens (tertiary/aromatic N) is 2. The quantitative estimate of drug-likeness (QED) is 0.0536.